The number of aliphatic imine (C=N–C) groups is 1. The lowest BCUT2D eigenvalue weighted by molar-refractivity contribution is 0.0602. The number of carbonyl (C=O) groups is 1. The summed E-state index contributed by atoms with van der Waals surface area (Å²) in [4.78, 5) is 20.8. The van der Waals surface area contributed by atoms with E-state index in [1.165, 1.54) is 18.4 Å². The van der Waals surface area contributed by atoms with Crippen LogP contribution in [0, 0.1) is 0 Å². The number of thiophene rings is 1. The summed E-state index contributed by atoms with van der Waals surface area (Å²) in [6.07, 6.45) is 0.728. The zero-order chi connectivity index (χ0) is 21.8. The van der Waals surface area contributed by atoms with Crippen molar-refractivity contribution in [2.24, 2.45) is 4.99 Å². The van der Waals surface area contributed by atoms with Gasteiger partial charge in [-0.2, -0.15) is 0 Å². The first-order valence-electron chi connectivity index (χ1n) is 8.53. The number of hydrogen-bond donors (Lipinski definition) is 1. The lowest BCUT2D eigenvalue weighted by atomic mass is 10.0. The number of pyridine rings is 1. The van der Waals surface area contributed by atoms with Gasteiger partial charge in [0.1, 0.15) is 10.2 Å². The number of halogens is 2. The van der Waals surface area contributed by atoms with Crippen molar-refractivity contribution >= 4 is 71.0 Å². The van der Waals surface area contributed by atoms with Crippen LogP contribution in [-0.4, -0.2) is 48.2 Å². The molecule has 158 valence electrons. The standard InChI is InChI=1S/C17H20BrClN4O4S2/c1-16(2,3)27-15(24)21-14-22-17(4,8-29(25,26)23(14)5)12-10(19)9-6-7-20-13(18)11(9)28-12/h6-7H,8H2,1-5H3,(H,21,22,24)/t17-/m0/s1. The fourth-order valence-electron chi connectivity index (χ4n) is 2.86. The number of amides is 1. The lowest BCUT2D eigenvalue weighted by Gasteiger charge is -2.39. The van der Waals surface area contributed by atoms with Gasteiger partial charge in [0.2, 0.25) is 16.0 Å². The molecular weight excluding hydrogens is 504 g/mol. The second kappa shape index (κ2) is 7.36. The van der Waals surface area contributed by atoms with E-state index < -0.39 is 27.3 Å². The number of carbonyl (C=O) groups excluding carboxylic acids is 1. The maximum absolute atomic E-state index is 12.8. The third kappa shape index (κ3) is 4.37. The van der Waals surface area contributed by atoms with Crippen molar-refractivity contribution in [1.82, 2.24) is 14.6 Å². The van der Waals surface area contributed by atoms with E-state index in [9.17, 15) is 13.2 Å². The minimum atomic E-state index is -3.77. The van der Waals surface area contributed by atoms with Crippen LogP contribution < -0.4 is 5.32 Å². The fraction of sp³-hybridized carbons (Fsp3) is 0.471. The minimum absolute atomic E-state index is 0.126. The Morgan fingerprint density at radius 2 is 2.14 bits per heavy atom. The van der Waals surface area contributed by atoms with Gasteiger partial charge in [0.15, 0.2) is 0 Å². The monoisotopic (exact) mass is 522 g/mol. The van der Waals surface area contributed by atoms with E-state index in [4.69, 9.17) is 16.3 Å². The number of rotatable bonds is 1. The summed E-state index contributed by atoms with van der Waals surface area (Å²) in [6, 6.07) is 1.77. The van der Waals surface area contributed by atoms with Gasteiger partial charge in [0.05, 0.1) is 25.9 Å². The number of nitrogens with one attached hydrogen (secondary N) is 1. The van der Waals surface area contributed by atoms with Gasteiger partial charge in [-0.25, -0.2) is 22.5 Å². The lowest BCUT2D eigenvalue weighted by Crippen LogP contribution is -2.61. The number of ether oxygens (including phenoxy) is 1. The van der Waals surface area contributed by atoms with E-state index in [0.717, 1.165) is 14.4 Å². The molecule has 1 N–H and O–H groups in total. The van der Waals surface area contributed by atoms with E-state index >= 15 is 0 Å². The average Bonchev–Trinajstić information content (AvgIpc) is 2.89. The summed E-state index contributed by atoms with van der Waals surface area (Å²) in [5.74, 6) is -0.389. The van der Waals surface area contributed by atoms with Gasteiger partial charge in [0, 0.05) is 18.6 Å². The van der Waals surface area contributed by atoms with Gasteiger partial charge >= 0.3 is 6.09 Å². The van der Waals surface area contributed by atoms with Crippen LogP contribution in [0.2, 0.25) is 5.02 Å². The molecule has 0 aromatic carbocycles. The van der Waals surface area contributed by atoms with Gasteiger partial charge in [-0.3, -0.25) is 0 Å². The van der Waals surface area contributed by atoms with Gasteiger partial charge in [-0.1, -0.05) is 11.6 Å². The number of guanidine groups is 1. The zero-order valence-electron chi connectivity index (χ0n) is 16.4. The molecule has 0 unspecified atom stereocenters. The highest BCUT2D eigenvalue weighted by Crippen LogP contribution is 2.44. The second-order valence-corrected chi connectivity index (χ2v) is 12.0. The minimum Gasteiger partial charge on any atom is -0.442 e. The quantitative estimate of drug-likeness (QED) is 0.565. The van der Waals surface area contributed by atoms with Crippen LogP contribution >= 0.6 is 38.9 Å². The summed E-state index contributed by atoms with van der Waals surface area (Å²) in [5.41, 5.74) is -1.86. The predicted molar refractivity (Wildman–Crippen MR) is 118 cm³/mol. The molecule has 29 heavy (non-hydrogen) atoms. The molecular formula is C17H20BrClN4O4S2. The van der Waals surface area contributed by atoms with E-state index in [1.807, 2.05) is 0 Å². The number of aromatic nitrogens is 1. The maximum atomic E-state index is 12.8. The second-order valence-electron chi connectivity index (χ2n) is 7.82. The molecule has 3 heterocycles. The molecule has 1 aliphatic heterocycles. The van der Waals surface area contributed by atoms with Crippen molar-refractivity contribution in [3.8, 4) is 0 Å². The van der Waals surface area contributed by atoms with Crippen molar-refractivity contribution in [1.29, 1.82) is 0 Å². The van der Waals surface area contributed by atoms with E-state index in [2.05, 4.69) is 31.2 Å². The van der Waals surface area contributed by atoms with Gasteiger partial charge in [-0.05, 0) is 49.7 Å². The van der Waals surface area contributed by atoms with Gasteiger partial charge in [-0.15, -0.1) is 16.3 Å². The zero-order valence-corrected chi connectivity index (χ0v) is 20.4. The Bertz CT molecular complexity index is 1130. The maximum Gasteiger partial charge on any atom is 0.437 e. The fourth-order valence-corrected chi connectivity index (χ4v) is 6.73. The van der Waals surface area contributed by atoms with Crippen LogP contribution in [0.15, 0.2) is 21.9 Å². The molecule has 1 atom stereocenters. The molecule has 8 nitrogen and oxygen atoms in total. The highest BCUT2D eigenvalue weighted by molar-refractivity contribution is 9.10. The number of sulfonamides is 1. The topological polar surface area (TPSA) is 101 Å². The Labute approximate surface area is 186 Å². The number of nitrogens with zero attached hydrogens (tertiary/aromatic N) is 3. The van der Waals surface area contributed by atoms with Crippen LogP contribution in [0.4, 0.5) is 4.79 Å². The molecule has 1 aliphatic rings. The first-order chi connectivity index (χ1) is 13.2. The largest absolute Gasteiger partial charge is 0.442 e. The summed E-state index contributed by atoms with van der Waals surface area (Å²) >= 11 is 11.3. The van der Waals surface area contributed by atoms with E-state index in [1.54, 1.807) is 40.0 Å². The highest BCUT2D eigenvalue weighted by atomic mass is 79.9. The Morgan fingerprint density at radius 1 is 1.48 bits per heavy atom. The Kier molecular flexibility index (Phi) is 5.65. The Hall–Kier alpha value is -1.43. The third-order valence-electron chi connectivity index (χ3n) is 4.17. The van der Waals surface area contributed by atoms with Crippen LogP contribution in [-0.2, 0) is 20.3 Å². The average molecular weight is 524 g/mol. The number of hydrogen-bond acceptors (Lipinski definition) is 6. The molecule has 1 amide bonds. The van der Waals surface area contributed by atoms with Crippen molar-refractivity contribution in [2.75, 3.05) is 12.8 Å². The number of fused-ring (bicyclic) bond motifs is 1. The van der Waals surface area contributed by atoms with Crippen LogP contribution in [0.3, 0.4) is 0 Å². The molecule has 0 bridgehead atoms. The molecule has 1 fully saturated rings. The first-order valence-corrected chi connectivity index (χ1v) is 12.1. The van der Waals surface area contributed by atoms with Crippen molar-refractivity contribution in [3.05, 3.63) is 26.8 Å². The molecule has 0 saturated carbocycles. The summed E-state index contributed by atoms with van der Waals surface area (Å²) in [6.45, 7) is 6.81. The highest BCUT2D eigenvalue weighted by Gasteiger charge is 2.45. The first kappa shape index (κ1) is 22.3. The van der Waals surface area contributed by atoms with Crippen molar-refractivity contribution in [2.45, 2.75) is 38.8 Å². The van der Waals surface area contributed by atoms with Crippen LogP contribution in [0.1, 0.15) is 32.6 Å². The van der Waals surface area contributed by atoms with Crippen LogP contribution in [0.5, 0.6) is 0 Å². The SMILES string of the molecule is CN1/C(=N/C(=O)OC(C)(C)C)N[C@](C)(c2sc3c(Br)nccc3c2Cl)CS1(=O)=O. The molecule has 12 heteroatoms. The molecule has 2 aromatic heterocycles. The summed E-state index contributed by atoms with van der Waals surface area (Å²) < 4.78 is 33.2. The molecule has 0 aliphatic carbocycles. The normalized spacial score (nSPS) is 23.3. The Morgan fingerprint density at radius 3 is 2.72 bits per heavy atom. The van der Waals surface area contributed by atoms with E-state index in [-0.39, 0.29) is 11.7 Å². The smallest absolute Gasteiger partial charge is 0.437 e. The molecule has 0 radical (unpaired) electrons. The molecule has 1 saturated heterocycles. The summed E-state index contributed by atoms with van der Waals surface area (Å²) in [5, 5.41) is 4.27. The summed E-state index contributed by atoms with van der Waals surface area (Å²) in [7, 11) is -2.44. The van der Waals surface area contributed by atoms with Gasteiger partial charge in [0.25, 0.3) is 0 Å². The van der Waals surface area contributed by atoms with Crippen molar-refractivity contribution in [3.63, 3.8) is 0 Å². The van der Waals surface area contributed by atoms with Crippen molar-refractivity contribution < 1.29 is 17.9 Å². The molecule has 0 spiro atoms. The van der Waals surface area contributed by atoms with Gasteiger partial charge < -0.3 is 10.1 Å². The molecule has 3 rings (SSSR count). The molecule has 2 aromatic rings. The third-order valence-corrected chi connectivity index (χ3v) is 8.96. The predicted octanol–water partition coefficient (Wildman–Crippen LogP) is 4.08. The van der Waals surface area contributed by atoms with E-state index in [0.29, 0.717) is 14.5 Å². The Balaban J connectivity index is 2.09. The van der Waals surface area contributed by atoms with Crippen LogP contribution in [0.25, 0.3) is 10.1 Å².